The van der Waals surface area contributed by atoms with Crippen molar-refractivity contribution >= 4 is 15.7 Å². The second-order valence-electron chi connectivity index (χ2n) is 7.78. The summed E-state index contributed by atoms with van der Waals surface area (Å²) >= 11 is 0. The fourth-order valence-corrected chi connectivity index (χ4v) is 5.04. The average molecular weight is 472 g/mol. The van der Waals surface area contributed by atoms with E-state index in [1.54, 1.807) is 32.6 Å². The van der Waals surface area contributed by atoms with Crippen LogP contribution in [0.25, 0.3) is 0 Å². The first kappa shape index (κ1) is 23.2. The van der Waals surface area contributed by atoms with E-state index in [9.17, 15) is 8.42 Å². The van der Waals surface area contributed by atoms with E-state index in [4.69, 9.17) is 13.9 Å². The zero-order valence-corrected chi connectivity index (χ0v) is 19.6. The van der Waals surface area contributed by atoms with Crippen LogP contribution < -0.4 is 19.1 Å². The van der Waals surface area contributed by atoms with Gasteiger partial charge in [-0.15, -0.1) is 0 Å². The number of furan rings is 1. The minimum absolute atomic E-state index is 0.200. The highest BCUT2D eigenvalue weighted by atomic mass is 32.2. The predicted octanol–water partition coefficient (Wildman–Crippen LogP) is 3.14. The Morgan fingerprint density at radius 2 is 1.52 bits per heavy atom. The molecule has 2 aromatic carbocycles. The fourth-order valence-electron chi connectivity index (χ4n) is 4.00. The van der Waals surface area contributed by atoms with E-state index >= 15 is 0 Å². The highest BCUT2D eigenvalue weighted by Crippen LogP contribution is 2.26. The molecule has 1 aliphatic rings. The molecule has 0 saturated carbocycles. The Balaban J connectivity index is 1.42. The Morgan fingerprint density at radius 3 is 2.06 bits per heavy atom. The van der Waals surface area contributed by atoms with Gasteiger partial charge in [0.05, 0.1) is 31.4 Å². The lowest BCUT2D eigenvalue weighted by atomic mass is 10.1. The van der Waals surface area contributed by atoms with Crippen molar-refractivity contribution in [1.82, 2.24) is 9.62 Å². The molecule has 0 bridgehead atoms. The lowest BCUT2D eigenvalue weighted by Crippen LogP contribution is -2.49. The van der Waals surface area contributed by atoms with Crippen molar-refractivity contribution in [2.45, 2.75) is 10.9 Å². The number of nitrogens with one attached hydrogen (secondary N) is 1. The van der Waals surface area contributed by atoms with Crippen molar-refractivity contribution in [3.05, 3.63) is 72.7 Å². The van der Waals surface area contributed by atoms with Crippen molar-refractivity contribution in [3.8, 4) is 11.5 Å². The summed E-state index contributed by atoms with van der Waals surface area (Å²) in [7, 11) is -0.463. The number of hydrogen-bond acceptors (Lipinski definition) is 7. The van der Waals surface area contributed by atoms with Crippen LogP contribution >= 0.6 is 0 Å². The molecule has 1 aromatic heterocycles. The molecular formula is C24H29N3O5S. The van der Waals surface area contributed by atoms with Gasteiger partial charge in [0.25, 0.3) is 0 Å². The lowest BCUT2D eigenvalue weighted by Gasteiger charge is -2.39. The maximum absolute atomic E-state index is 12.9. The molecule has 0 radical (unpaired) electrons. The summed E-state index contributed by atoms with van der Waals surface area (Å²) in [5, 5.41) is 0. The number of benzene rings is 2. The van der Waals surface area contributed by atoms with Crippen molar-refractivity contribution in [2.75, 3.05) is 51.8 Å². The van der Waals surface area contributed by atoms with Crippen molar-refractivity contribution in [1.29, 1.82) is 0 Å². The molecule has 8 nitrogen and oxygen atoms in total. The number of sulfonamides is 1. The number of nitrogens with zero attached hydrogens (tertiary/aromatic N) is 2. The molecule has 1 saturated heterocycles. The number of rotatable bonds is 9. The summed E-state index contributed by atoms with van der Waals surface area (Å²) in [6.45, 7) is 3.43. The molecule has 1 fully saturated rings. The summed E-state index contributed by atoms with van der Waals surface area (Å²) in [5.41, 5.74) is 1.14. The minimum Gasteiger partial charge on any atom is -0.497 e. The molecule has 3 aromatic rings. The lowest BCUT2D eigenvalue weighted by molar-refractivity contribution is 0.166. The third kappa shape index (κ3) is 5.50. The summed E-state index contributed by atoms with van der Waals surface area (Å²) in [4.78, 5) is 4.78. The molecule has 176 valence electrons. The summed E-state index contributed by atoms with van der Waals surface area (Å²) in [6, 6.07) is 17.9. The van der Waals surface area contributed by atoms with E-state index in [2.05, 4.69) is 26.7 Å². The molecule has 1 atom stereocenters. The van der Waals surface area contributed by atoms with Crippen LogP contribution in [0.2, 0.25) is 0 Å². The summed E-state index contributed by atoms with van der Waals surface area (Å²) < 4.78 is 44.5. The van der Waals surface area contributed by atoms with Gasteiger partial charge in [-0.2, -0.15) is 0 Å². The van der Waals surface area contributed by atoms with Gasteiger partial charge in [0.1, 0.15) is 17.3 Å². The van der Waals surface area contributed by atoms with E-state index in [0.29, 0.717) is 5.75 Å². The van der Waals surface area contributed by atoms with Crippen molar-refractivity contribution < 1.29 is 22.3 Å². The number of piperazine rings is 1. The zero-order chi connectivity index (χ0) is 23.3. The number of ether oxygens (including phenoxy) is 2. The van der Waals surface area contributed by atoms with Crippen molar-refractivity contribution in [2.24, 2.45) is 0 Å². The molecule has 0 aliphatic carbocycles. The number of anilines is 1. The van der Waals surface area contributed by atoms with Gasteiger partial charge in [0, 0.05) is 38.4 Å². The Bertz CT molecular complexity index is 1110. The molecular weight excluding hydrogens is 442 g/mol. The Hall–Kier alpha value is -3.01. The Kier molecular flexibility index (Phi) is 7.22. The van der Waals surface area contributed by atoms with Crippen LogP contribution in [-0.2, 0) is 10.0 Å². The monoisotopic (exact) mass is 471 g/mol. The van der Waals surface area contributed by atoms with Crippen LogP contribution in [-0.4, -0.2) is 60.3 Å². The van der Waals surface area contributed by atoms with Crippen LogP contribution in [0.4, 0.5) is 5.69 Å². The van der Waals surface area contributed by atoms with Gasteiger partial charge in [0.15, 0.2) is 0 Å². The van der Waals surface area contributed by atoms with Crippen molar-refractivity contribution in [3.63, 3.8) is 0 Å². The van der Waals surface area contributed by atoms with Crippen LogP contribution in [0.5, 0.6) is 11.5 Å². The summed E-state index contributed by atoms with van der Waals surface area (Å²) in [6.07, 6.45) is 1.62. The first-order valence-electron chi connectivity index (χ1n) is 10.8. The largest absolute Gasteiger partial charge is 0.497 e. The third-order valence-corrected chi connectivity index (χ3v) is 7.34. The summed E-state index contributed by atoms with van der Waals surface area (Å²) in [5.74, 6) is 2.18. The van der Waals surface area contributed by atoms with E-state index in [1.807, 2.05) is 24.3 Å². The van der Waals surface area contributed by atoms with E-state index in [1.165, 1.54) is 12.1 Å². The molecule has 1 aliphatic heterocycles. The van der Waals surface area contributed by atoms with Gasteiger partial charge >= 0.3 is 0 Å². The van der Waals surface area contributed by atoms with E-state index in [0.717, 1.165) is 43.4 Å². The fraction of sp³-hybridized carbons (Fsp3) is 0.333. The van der Waals surface area contributed by atoms with E-state index in [-0.39, 0.29) is 17.5 Å². The molecule has 0 unspecified atom stereocenters. The SMILES string of the molecule is COc1ccc(N2CCN([C@H](CNS(=O)(=O)c3ccc(OC)cc3)c3ccco3)CC2)cc1. The average Bonchev–Trinajstić information content (AvgIpc) is 3.39. The molecule has 0 amide bonds. The highest BCUT2D eigenvalue weighted by Gasteiger charge is 2.28. The maximum atomic E-state index is 12.9. The van der Waals surface area contributed by atoms with Gasteiger partial charge in [-0.25, -0.2) is 13.1 Å². The standard InChI is InChI=1S/C24H29N3O5S/c1-30-20-7-5-19(6-8-20)26-13-15-27(16-14-26)23(24-4-3-17-32-24)18-25-33(28,29)22-11-9-21(31-2)10-12-22/h3-12,17,23,25H,13-16,18H2,1-2H3/t23-/m1/s1. The number of methoxy groups -OCH3 is 2. The van der Waals surface area contributed by atoms with Gasteiger partial charge in [-0.05, 0) is 60.7 Å². The molecule has 1 N–H and O–H groups in total. The van der Waals surface area contributed by atoms with Gasteiger partial charge in [-0.3, -0.25) is 4.90 Å². The molecule has 0 spiro atoms. The Morgan fingerprint density at radius 1 is 0.909 bits per heavy atom. The van der Waals surface area contributed by atoms with Gasteiger partial charge in [-0.1, -0.05) is 0 Å². The maximum Gasteiger partial charge on any atom is 0.240 e. The smallest absolute Gasteiger partial charge is 0.240 e. The van der Waals surface area contributed by atoms with Gasteiger partial charge < -0.3 is 18.8 Å². The predicted molar refractivity (Wildman–Crippen MR) is 126 cm³/mol. The Labute approximate surface area is 194 Å². The van der Waals surface area contributed by atoms with Crippen LogP contribution in [0, 0.1) is 0 Å². The molecule has 33 heavy (non-hydrogen) atoms. The second kappa shape index (κ2) is 10.3. The topological polar surface area (TPSA) is 84.2 Å². The molecule has 4 rings (SSSR count). The minimum atomic E-state index is -3.67. The first-order chi connectivity index (χ1) is 16.0. The normalized spacial score (nSPS) is 15.9. The van der Waals surface area contributed by atoms with Crippen LogP contribution in [0.1, 0.15) is 11.8 Å². The van der Waals surface area contributed by atoms with E-state index < -0.39 is 10.0 Å². The number of hydrogen-bond donors (Lipinski definition) is 1. The van der Waals surface area contributed by atoms with Crippen LogP contribution in [0.15, 0.2) is 76.2 Å². The van der Waals surface area contributed by atoms with Crippen LogP contribution in [0.3, 0.4) is 0 Å². The van der Waals surface area contributed by atoms with Gasteiger partial charge in [0.2, 0.25) is 10.0 Å². The zero-order valence-electron chi connectivity index (χ0n) is 18.8. The highest BCUT2D eigenvalue weighted by molar-refractivity contribution is 7.89. The molecule has 9 heteroatoms. The quantitative estimate of drug-likeness (QED) is 0.513. The second-order valence-corrected chi connectivity index (χ2v) is 9.55. The molecule has 2 heterocycles. The first-order valence-corrected chi connectivity index (χ1v) is 12.3. The third-order valence-electron chi connectivity index (χ3n) is 5.90.